The number of H-pyrrole nitrogens is 1. The molecule has 0 saturated carbocycles. The monoisotopic (exact) mass is 242 g/mol. The molecule has 0 saturated heterocycles. The van der Waals surface area contributed by atoms with Crippen LogP contribution in [0.15, 0.2) is 36.5 Å². The van der Waals surface area contributed by atoms with E-state index in [0.29, 0.717) is 13.1 Å². The third-order valence-electron chi connectivity index (χ3n) is 3.41. The van der Waals surface area contributed by atoms with Crippen molar-refractivity contribution >= 4 is 22.6 Å². The van der Waals surface area contributed by atoms with E-state index in [0.717, 1.165) is 11.9 Å². The van der Waals surface area contributed by atoms with Crippen LogP contribution < -0.4 is 0 Å². The van der Waals surface area contributed by atoms with Gasteiger partial charge in [0, 0.05) is 24.8 Å². The number of rotatable bonds is 1. The number of fused-ring (bicyclic) bond motifs is 1. The highest BCUT2D eigenvalue weighted by molar-refractivity contribution is 5.84. The Bertz CT molecular complexity index is 628. The lowest BCUT2D eigenvalue weighted by molar-refractivity contribution is 0.150. The van der Waals surface area contributed by atoms with Gasteiger partial charge in [0.1, 0.15) is 0 Å². The van der Waals surface area contributed by atoms with Crippen LogP contribution in [0, 0.1) is 0 Å². The molecule has 0 unspecified atom stereocenters. The molecule has 4 heteroatoms. The number of aromatic nitrogens is 1. The summed E-state index contributed by atoms with van der Waals surface area (Å²) >= 11 is 0. The Morgan fingerprint density at radius 1 is 1.33 bits per heavy atom. The van der Waals surface area contributed by atoms with Crippen molar-refractivity contribution in [3.8, 4) is 0 Å². The van der Waals surface area contributed by atoms with Gasteiger partial charge in [-0.15, -0.1) is 0 Å². The molecule has 1 aromatic carbocycles. The van der Waals surface area contributed by atoms with Crippen LogP contribution in [0.2, 0.25) is 0 Å². The molecular formula is C14H14N2O2. The quantitative estimate of drug-likeness (QED) is 0.807. The molecule has 1 aromatic heterocycles. The third kappa shape index (κ3) is 1.86. The summed E-state index contributed by atoms with van der Waals surface area (Å²) < 4.78 is 0. The Morgan fingerprint density at radius 3 is 2.94 bits per heavy atom. The van der Waals surface area contributed by atoms with Crippen molar-refractivity contribution in [1.29, 1.82) is 0 Å². The van der Waals surface area contributed by atoms with E-state index >= 15 is 0 Å². The van der Waals surface area contributed by atoms with Crippen molar-refractivity contribution in [2.75, 3.05) is 13.1 Å². The molecule has 18 heavy (non-hydrogen) atoms. The summed E-state index contributed by atoms with van der Waals surface area (Å²) in [7, 11) is 0. The van der Waals surface area contributed by atoms with Gasteiger partial charge in [-0.3, -0.25) is 0 Å². The minimum Gasteiger partial charge on any atom is -0.465 e. The first-order valence-corrected chi connectivity index (χ1v) is 5.98. The van der Waals surface area contributed by atoms with Gasteiger partial charge in [-0.1, -0.05) is 18.2 Å². The number of carbonyl (C=O) groups is 1. The molecule has 1 amide bonds. The highest BCUT2D eigenvalue weighted by Gasteiger charge is 2.16. The smallest absolute Gasteiger partial charge is 0.407 e. The second-order valence-corrected chi connectivity index (χ2v) is 4.49. The fourth-order valence-electron chi connectivity index (χ4n) is 2.35. The van der Waals surface area contributed by atoms with Crippen LogP contribution in [0.5, 0.6) is 0 Å². The summed E-state index contributed by atoms with van der Waals surface area (Å²) in [6.45, 7) is 1.05. The maximum absolute atomic E-state index is 10.8. The van der Waals surface area contributed by atoms with Gasteiger partial charge in [-0.2, -0.15) is 0 Å². The van der Waals surface area contributed by atoms with Gasteiger partial charge in [0.25, 0.3) is 0 Å². The van der Waals surface area contributed by atoms with Crippen LogP contribution >= 0.6 is 0 Å². The molecule has 4 nitrogen and oxygen atoms in total. The summed E-state index contributed by atoms with van der Waals surface area (Å²) in [4.78, 5) is 15.5. The first-order chi connectivity index (χ1) is 8.74. The number of amides is 1. The molecule has 0 aliphatic carbocycles. The molecule has 0 radical (unpaired) electrons. The molecule has 0 atom stereocenters. The van der Waals surface area contributed by atoms with Crippen molar-refractivity contribution in [1.82, 2.24) is 9.88 Å². The molecular weight excluding hydrogens is 228 g/mol. The summed E-state index contributed by atoms with van der Waals surface area (Å²) in [5.74, 6) is 0. The number of nitrogens with zero attached hydrogens (tertiary/aromatic N) is 1. The fourth-order valence-corrected chi connectivity index (χ4v) is 2.35. The highest BCUT2D eigenvalue weighted by atomic mass is 16.4. The average molecular weight is 242 g/mol. The van der Waals surface area contributed by atoms with Gasteiger partial charge in [-0.25, -0.2) is 4.79 Å². The van der Waals surface area contributed by atoms with Crippen molar-refractivity contribution in [2.45, 2.75) is 6.42 Å². The molecule has 92 valence electrons. The van der Waals surface area contributed by atoms with E-state index in [1.54, 1.807) is 0 Å². The number of carboxylic acid groups (broad SMARTS) is 1. The van der Waals surface area contributed by atoms with E-state index < -0.39 is 6.09 Å². The van der Waals surface area contributed by atoms with Crippen molar-refractivity contribution < 1.29 is 9.90 Å². The lowest BCUT2D eigenvalue weighted by Gasteiger charge is -2.23. The topological polar surface area (TPSA) is 56.3 Å². The third-order valence-corrected chi connectivity index (χ3v) is 3.41. The largest absolute Gasteiger partial charge is 0.465 e. The van der Waals surface area contributed by atoms with Crippen LogP contribution in [0.3, 0.4) is 0 Å². The second-order valence-electron chi connectivity index (χ2n) is 4.49. The zero-order chi connectivity index (χ0) is 12.5. The zero-order valence-corrected chi connectivity index (χ0v) is 9.89. The first kappa shape index (κ1) is 10.9. The summed E-state index contributed by atoms with van der Waals surface area (Å²) in [5, 5.41) is 10.1. The van der Waals surface area contributed by atoms with E-state index in [1.807, 2.05) is 18.3 Å². The van der Waals surface area contributed by atoms with E-state index in [-0.39, 0.29) is 0 Å². The van der Waals surface area contributed by atoms with Gasteiger partial charge in [0.15, 0.2) is 0 Å². The van der Waals surface area contributed by atoms with Crippen LogP contribution in [-0.4, -0.2) is 34.2 Å². The minimum absolute atomic E-state index is 0.480. The Balaban J connectivity index is 1.89. The molecule has 1 aliphatic heterocycles. The van der Waals surface area contributed by atoms with E-state index in [1.165, 1.54) is 21.4 Å². The van der Waals surface area contributed by atoms with E-state index in [4.69, 9.17) is 5.11 Å². The summed E-state index contributed by atoms with van der Waals surface area (Å²) in [6, 6.07) is 8.35. The fraction of sp³-hybridized carbons (Fsp3) is 0.214. The molecule has 0 bridgehead atoms. The number of hydrogen-bond donors (Lipinski definition) is 2. The molecule has 2 heterocycles. The Morgan fingerprint density at radius 2 is 2.22 bits per heavy atom. The van der Waals surface area contributed by atoms with E-state index in [9.17, 15) is 4.79 Å². The Kier molecular flexibility index (Phi) is 2.55. The van der Waals surface area contributed by atoms with Gasteiger partial charge in [0.2, 0.25) is 0 Å². The van der Waals surface area contributed by atoms with Crippen LogP contribution in [0.1, 0.15) is 12.0 Å². The van der Waals surface area contributed by atoms with Crippen LogP contribution in [-0.2, 0) is 0 Å². The van der Waals surface area contributed by atoms with Gasteiger partial charge < -0.3 is 15.0 Å². The lowest BCUT2D eigenvalue weighted by Crippen LogP contribution is -2.33. The molecule has 2 N–H and O–H groups in total. The normalized spacial score (nSPS) is 15.8. The predicted molar refractivity (Wildman–Crippen MR) is 70.5 cm³/mol. The molecule has 1 aliphatic rings. The van der Waals surface area contributed by atoms with Crippen LogP contribution in [0.4, 0.5) is 4.79 Å². The lowest BCUT2D eigenvalue weighted by atomic mass is 9.99. The Hall–Kier alpha value is -2.23. The number of aromatic amines is 1. The number of benzene rings is 1. The van der Waals surface area contributed by atoms with Crippen LogP contribution in [0.25, 0.3) is 16.5 Å². The van der Waals surface area contributed by atoms with Crippen molar-refractivity contribution in [3.63, 3.8) is 0 Å². The van der Waals surface area contributed by atoms with Gasteiger partial charge in [-0.05, 0) is 35.1 Å². The maximum atomic E-state index is 10.8. The molecule has 2 aromatic rings. The average Bonchev–Trinajstić information content (AvgIpc) is 2.86. The highest BCUT2D eigenvalue weighted by Crippen LogP contribution is 2.25. The summed E-state index contributed by atoms with van der Waals surface area (Å²) in [6.07, 6.45) is 3.86. The number of hydrogen-bond acceptors (Lipinski definition) is 1. The number of nitrogens with one attached hydrogen (secondary N) is 1. The summed E-state index contributed by atoms with van der Waals surface area (Å²) in [5.41, 5.74) is 3.52. The maximum Gasteiger partial charge on any atom is 0.407 e. The predicted octanol–water partition coefficient (Wildman–Crippen LogP) is 2.94. The first-order valence-electron chi connectivity index (χ1n) is 5.98. The van der Waals surface area contributed by atoms with Crippen molar-refractivity contribution in [3.05, 3.63) is 42.1 Å². The zero-order valence-electron chi connectivity index (χ0n) is 9.89. The van der Waals surface area contributed by atoms with Gasteiger partial charge in [0.05, 0.1) is 0 Å². The standard InChI is InChI=1S/C14H14N2O2/c17-14(18)16-7-4-10(5-8-16)12-2-1-11-3-6-15-13(11)9-12/h1-4,6,9,15H,5,7-8H2,(H,17,18). The van der Waals surface area contributed by atoms with Crippen molar-refractivity contribution in [2.24, 2.45) is 0 Å². The SMILES string of the molecule is O=C(O)N1CC=C(c2ccc3cc[nH]c3c2)CC1. The molecule has 3 rings (SSSR count). The van der Waals surface area contributed by atoms with Gasteiger partial charge >= 0.3 is 6.09 Å². The van der Waals surface area contributed by atoms with E-state index in [2.05, 4.69) is 23.2 Å². The Labute approximate surface area is 105 Å². The molecule has 0 fully saturated rings. The second kappa shape index (κ2) is 4.22. The molecule has 0 spiro atoms. The minimum atomic E-state index is -0.842.